The minimum atomic E-state index is -4.64. The van der Waals surface area contributed by atoms with Gasteiger partial charge >= 0.3 is 6.18 Å². The highest BCUT2D eigenvalue weighted by atomic mass is 19.4. The van der Waals surface area contributed by atoms with Gasteiger partial charge in [-0.3, -0.25) is 0 Å². The molecule has 2 N–H and O–H groups in total. The standard InChI is InChI=1S/C10H11F4NO/c1-9(15,10(12,13)14)6-3-4-8(16-2)7(11)5-6/h3-5H,15H2,1-2H3. The number of benzene rings is 1. The summed E-state index contributed by atoms with van der Waals surface area (Å²) in [6.07, 6.45) is -4.64. The van der Waals surface area contributed by atoms with Crippen LogP contribution in [0.25, 0.3) is 0 Å². The molecule has 0 radical (unpaired) electrons. The lowest BCUT2D eigenvalue weighted by Gasteiger charge is -2.28. The molecule has 1 atom stereocenters. The number of hydrogen-bond donors (Lipinski definition) is 1. The average molecular weight is 237 g/mol. The van der Waals surface area contributed by atoms with Crippen molar-refractivity contribution in [2.45, 2.75) is 18.6 Å². The third-order valence-electron chi connectivity index (χ3n) is 2.34. The van der Waals surface area contributed by atoms with Crippen LogP contribution >= 0.6 is 0 Å². The first-order valence-electron chi connectivity index (χ1n) is 4.40. The van der Waals surface area contributed by atoms with E-state index in [4.69, 9.17) is 5.73 Å². The summed E-state index contributed by atoms with van der Waals surface area (Å²) in [6.45, 7) is 0.786. The fourth-order valence-electron chi connectivity index (χ4n) is 1.15. The first-order valence-corrected chi connectivity index (χ1v) is 4.40. The van der Waals surface area contributed by atoms with Gasteiger partial charge in [-0.25, -0.2) is 4.39 Å². The van der Waals surface area contributed by atoms with Gasteiger partial charge in [0.2, 0.25) is 0 Å². The van der Waals surface area contributed by atoms with Gasteiger partial charge in [0, 0.05) is 0 Å². The Kier molecular flexibility index (Phi) is 3.14. The summed E-state index contributed by atoms with van der Waals surface area (Å²) in [5.74, 6) is -0.998. The van der Waals surface area contributed by atoms with Gasteiger partial charge in [0.05, 0.1) is 7.11 Å². The SMILES string of the molecule is COc1ccc(C(C)(N)C(F)(F)F)cc1F. The molecular formula is C10H11F4NO. The minimum Gasteiger partial charge on any atom is -0.494 e. The van der Waals surface area contributed by atoms with Gasteiger partial charge < -0.3 is 10.5 Å². The summed E-state index contributed by atoms with van der Waals surface area (Å²) in [7, 11) is 1.23. The van der Waals surface area contributed by atoms with Crippen LogP contribution in [-0.2, 0) is 5.54 Å². The highest BCUT2D eigenvalue weighted by molar-refractivity contribution is 5.33. The van der Waals surface area contributed by atoms with E-state index in [9.17, 15) is 17.6 Å². The molecule has 0 aliphatic rings. The van der Waals surface area contributed by atoms with Crippen LogP contribution in [0.15, 0.2) is 18.2 Å². The van der Waals surface area contributed by atoms with Gasteiger partial charge in [-0.15, -0.1) is 0 Å². The Morgan fingerprint density at radius 3 is 2.19 bits per heavy atom. The Bertz CT molecular complexity index is 387. The molecule has 2 nitrogen and oxygen atoms in total. The molecule has 90 valence electrons. The molecule has 0 spiro atoms. The molecule has 0 amide bonds. The zero-order valence-corrected chi connectivity index (χ0v) is 8.73. The van der Waals surface area contributed by atoms with Crippen LogP contribution in [0, 0.1) is 5.82 Å². The predicted molar refractivity (Wildman–Crippen MR) is 50.5 cm³/mol. The summed E-state index contributed by atoms with van der Waals surface area (Å²) in [5, 5.41) is 0. The van der Waals surface area contributed by atoms with Crippen LogP contribution in [0.1, 0.15) is 12.5 Å². The molecule has 1 aromatic rings. The van der Waals surface area contributed by atoms with Crippen molar-refractivity contribution >= 4 is 0 Å². The van der Waals surface area contributed by atoms with E-state index in [1.54, 1.807) is 0 Å². The number of nitrogens with two attached hydrogens (primary N) is 1. The first-order chi connectivity index (χ1) is 7.20. The molecule has 1 unspecified atom stereocenters. The van der Waals surface area contributed by atoms with E-state index in [-0.39, 0.29) is 11.3 Å². The third-order valence-corrected chi connectivity index (χ3v) is 2.34. The largest absolute Gasteiger partial charge is 0.494 e. The first kappa shape index (κ1) is 12.8. The summed E-state index contributed by atoms with van der Waals surface area (Å²) >= 11 is 0. The monoisotopic (exact) mass is 237 g/mol. The van der Waals surface area contributed by atoms with Gasteiger partial charge in [-0.1, -0.05) is 6.07 Å². The van der Waals surface area contributed by atoms with E-state index in [1.807, 2.05) is 0 Å². The van der Waals surface area contributed by atoms with Crippen LogP contribution in [0.2, 0.25) is 0 Å². The van der Waals surface area contributed by atoms with Crippen LogP contribution in [0.5, 0.6) is 5.75 Å². The lowest BCUT2D eigenvalue weighted by molar-refractivity contribution is -0.184. The summed E-state index contributed by atoms with van der Waals surface area (Å²) < 4.78 is 55.5. The second-order valence-electron chi connectivity index (χ2n) is 3.55. The van der Waals surface area contributed by atoms with Gasteiger partial charge in [-0.05, 0) is 24.6 Å². The summed E-state index contributed by atoms with van der Waals surface area (Å²) in [5.41, 5.74) is 2.21. The number of halogens is 4. The molecule has 6 heteroatoms. The molecule has 0 saturated carbocycles. The van der Waals surface area contributed by atoms with Crippen LogP contribution in [0.4, 0.5) is 17.6 Å². The Labute approximate surface area is 90.0 Å². The van der Waals surface area contributed by atoms with E-state index >= 15 is 0 Å². The molecule has 0 aliphatic heterocycles. The topological polar surface area (TPSA) is 35.2 Å². The minimum absolute atomic E-state index is 0.123. The van der Waals surface area contributed by atoms with Crippen molar-refractivity contribution < 1.29 is 22.3 Å². The number of ether oxygens (including phenoxy) is 1. The molecule has 0 aliphatic carbocycles. The molecule has 0 saturated heterocycles. The van der Waals surface area contributed by atoms with Crippen molar-refractivity contribution in [3.8, 4) is 5.75 Å². The maximum absolute atomic E-state index is 13.2. The number of rotatable bonds is 2. The van der Waals surface area contributed by atoms with Crippen LogP contribution in [-0.4, -0.2) is 13.3 Å². The average Bonchev–Trinajstić information content (AvgIpc) is 2.15. The maximum Gasteiger partial charge on any atom is 0.410 e. The van der Waals surface area contributed by atoms with Gasteiger partial charge in [-0.2, -0.15) is 13.2 Å². The maximum atomic E-state index is 13.2. The van der Waals surface area contributed by atoms with Crippen molar-refractivity contribution in [2.75, 3.05) is 7.11 Å². The predicted octanol–water partition coefficient (Wildman–Crippen LogP) is 2.57. The zero-order chi connectivity index (χ0) is 12.6. The zero-order valence-electron chi connectivity index (χ0n) is 8.73. The van der Waals surface area contributed by atoms with Crippen LogP contribution < -0.4 is 10.5 Å². The van der Waals surface area contributed by atoms with Crippen molar-refractivity contribution in [3.63, 3.8) is 0 Å². The Balaban J connectivity index is 3.20. The Hall–Kier alpha value is -1.30. The van der Waals surface area contributed by atoms with Gasteiger partial charge in [0.25, 0.3) is 0 Å². The molecule has 16 heavy (non-hydrogen) atoms. The Morgan fingerprint density at radius 1 is 1.25 bits per heavy atom. The molecule has 0 heterocycles. The molecule has 1 rings (SSSR count). The van der Waals surface area contributed by atoms with Gasteiger partial charge in [0.1, 0.15) is 5.54 Å². The van der Waals surface area contributed by atoms with Gasteiger partial charge in [0.15, 0.2) is 11.6 Å². The highest BCUT2D eigenvalue weighted by Gasteiger charge is 2.49. The molecule has 0 bridgehead atoms. The quantitative estimate of drug-likeness (QED) is 0.802. The van der Waals surface area contributed by atoms with Crippen molar-refractivity contribution in [3.05, 3.63) is 29.6 Å². The third kappa shape index (κ3) is 2.11. The molecule has 0 aromatic heterocycles. The van der Waals surface area contributed by atoms with E-state index in [2.05, 4.69) is 4.74 Å². The molecular weight excluding hydrogens is 226 g/mol. The molecule has 1 aromatic carbocycles. The normalized spacial score (nSPS) is 15.7. The number of hydrogen-bond acceptors (Lipinski definition) is 2. The smallest absolute Gasteiger partial charge is 0.410 e. The summed E-state index contributed by atoms with van der Waals surface area (Å²) in [4.78, 5) is 0. The summed E-state index contributed by atoms with van der Waals surface area (Å²) in [6, 6.07) is 2.93. The van der Waals surface area contributed by atoms with E-state index < -0.39 is 17.5 Å². The van der Waals surface area contributed by atoms with Crippen molar-refractivity contribution in [1.82, 2.24) is 0 Å². The lowest BCUT2D eigenvalue weighted by Crippen LogP contribution is -2.47. The van der Waals surface area contributed by atoms with E-state index in [0.29, 0.717) is 0 Å². The Morgan fingerprint density at radius 2 is 1.81 bits per heavy atom. The molecule has 0 fully saturated rings. The van der Waals surface area contributed by atoms with E-state index in [1.165, 1.54) is 7.11 Å². The second kappa shape index (κ2) is 3.93. The lowest BCUT2D eigenvalue weighted by atomic mass is 9.92. The fourth-order valence-corrected chi connectivity index (χ4v) is 1.15. The van der Waals surface area contributed by atoms with Crippen molar-refractivity contribution in [1.29, 1.82) is 0 Å². The highest BCUT2D eigenvalue weighted by Crippen LogP contribution is 2.37. The number of methoxy groups -OCH3 is 1. The fraction of sp³-hybridized carbons (Fsp3) is 0.400. The second-order valence-corrected chi connectivity index (χ2v) is 3.55. The van der Waals surface area contributed by atoms with Crippen molar-refractivity contribution in [2.24, 2.45) is 5.73 Å². The van der Waals surface area contributed by atoms with E-state index in [0.717, 1.165) is 25.1 Å². The van der Waals surface area contributed by atoms with Crippen LogP contribution in [0.3, 0.4) is 0 Å². The number of alkyl halides is 3.